The maximum Gasteiger partial charge on any atom is 0.408 e. The third kappa shape index (κ3) is 11.9. The van der Waals surface area contributed by atoms with Crippen molar-refractivity contribution in [3.05, 3.63) is 76.1 Å². The summed E-state index contributed by atoms with van der Waals surface area (Å²) in [4.78, 5) is 76.3. The van der Waals surface area contributed by atoms with Gasteiger partial charge in [-0.15, -0.1) is 0 Å². The average molecular weight is 665 g/mol. The molecular weight excluding hydrogens is 620 g/mol. The highest BCUT2D eigenvalue weighted by molar-refractivity contribution is 6.00. The van der Waals surface area contributed by atoms with Crippen LogP contribution in [0.4, 0.5) is 10.5 Å². The number of anilines is 1. The van der Waals surface area contributed by atoms with Crippen molar-refractivity contribution in [1.82, 2.24) is 16.0 Å². The van der Waals surface area contributed by atoms with Gasteiger partial charge in [-0.2, -0.15) is 0 Å². The second-order valence-corrected chi connectivity index (χ2v) is 12.5. The number of hydrogen-bond acceptors (Lipinski definition) is 8. The number of carbonyl (C=O) groups is 5. The molecule has 0 radical (unpaired) electrons. The molecule has 0 spiro atoms. The van der Waals surface area contributed by atoms with E-state index in [0.29, 0.717) is 10.9 Å². The molecule has 0 fully saturated rings. The first-order valence-electron chi connectivity index (χ1n) is 15.9. The summed E-state index contributed by atoms with van der Waals surface area (Å²) >= 11 is 0. The Kier molecular flexibility index (Phi) is 13.7. The summed E-state index contributed by atoms with van der Waals surface area (Å²) in [5, 5.41) is 20.5. The number of carboxylic acids is 1. The van der Waals surface area contributed by atoms with Gasteiger partial charge in [0.25, 0.3) is 0 Å². The van der Waals surface area contributed by atoms with Crippen molar-refractivity contribution in [3.8, 4) is 0 Å². The van der Waals surface area contributed by atoms with Gasteiger partial charge in [-0.3, -0.25) is 19.2 Å². The zero-order chi connectivity index (χ0) is 35.4. The van der Waals surface area contributed by atoms with E-state index in [0.717, 1.165) is 5.56 Å². The van der Waals surface area contributed by atoms with Crippen molar-refractivity contribution >= 4 is 46.4 Å². The molecule has 0 aliphatic carbocycles. The van der Waals surface area contributed by atoms with E-state index in [-0.39, 0.29) is 49.0 Å². The number of nitrogens with one attached hydrogen (secondary N) is 4. The van der Waals surface area contributed by atoms with E-state index in [1.807, 2.05) is 45.9 Å². The normalized spacial score (nSPS) is 13.0. The number of fused-ring (bicyclic) bond motifs is 1. The van der Waals surface area contributed by atoms with Crippen LogP contribution in [0.25, 0.3) is 11.0 Å². The standard InChI is InChI=1S/C35H44N4O9/c1-20(2)15-27(38-34(45)28(16-21(3)4)39-35(46)47-19-23-9-7-6-8-10-23)33(44)37-26(13-14-30(40)41)32(43)36-24-11-12-25-22(5)17-31(42)48-29(25)18-24/h6-12,17-18,20-21,26-28H,13-16,19H2,1-5H3,(H,36,43)(H,37,44)(H,38,45)(H,39,46)(H,40,41). The van der Waals surface area contributed by atoms with E-state index in [9.17, 15) is 33.9 Å². The van der Waals surface area contributed by atoms with Gasteiger partial charge in [-0.25, -0.2) is 9.59 Å². The van der Waals surface area contributed by atoms with Crippen LogP contribution in [-0.2, 0) is 30.5 Å². The third-order valence-electron chi connectivity index (χ3n) is 7.37. The van der Waals surface area contributed by atoms with Crippen molar-refractivity contribution < 1.29 is 38.2 Å². The number of carbonyl (C=O) groups excluding carboxylic acids is 4. The summed E-state index contributed by atoms with van der Waals surface area (Å²) in [5.41, 5.74) is 1.43. The lowest BCUT2D eigenvalue weighted by atomic mass is 9.99. The number of ether oxygens (including phenoxy) is 1. The first-order chi connectivity index (χ1) is 22.7. The Morgan fingerprint density at radius 3 is 2.00 bits per heavy atom. The third-order valence-corrected chi connectivity index (χ3v) is 7.37. The van der Waals surface area contributed by atoms with Gasteiger partial charge in [0.15, 0.2) is 0 Å². The van der Waals surface area contributed by atoms with Gasteiger partial charge in [0.2, 0.25) is 17.7 Å². The number of carboxylic acid groups (broad SMARTS) is 1. The van der Waals surface area contributed by atoms with Gasteiger partial charge in [0, 0.05) is 29.6 Å². The van der Waals surface area contributed by atoms with Crippen LogP contribution in [0.5, 0.6) is 0 Å². The van der Waals surface area contributed by atoms with Crippen LogP contribution < -0.4 is 26.9 Å². The second kappa shape index (κ2) is 17.6. The Hall–Kier alpha value is -5.20. The average Bonchev–Trinajstić information content (AvgIpc) is 3.00. The minimum Gasteiger partial charge on any atom is -0.481 e. The molecule has 4 amide bonds. The van der Waals surface area contributed by atoms with E-state index in [2.05, 4.69) is 21.3 Å². The smallest absolute Gasteiger partial charge is 0.408 e. The number of aliphatic carboxylic acids is 1. The fourth-order valence-electron chi connectivity index (χ4n) is 5.03. The molecule has 1 heterocycles. The minimum absolute atomic E-state index is 0.00342. The van der Waals surface area contributed by atoms with Gasteiger partial charge < -0.3 is 35.5 Å². The molecule has 1 aromatic heterocycles. The van der Waals surface area contributed by atoms with Gasteiger partial charge in [0.05, 0.1) is 0 Å². The lowest BCUT2D eigenvalue weighted by molar-refractivity contribution is -0.137. The van der Waals surface area contributed by atoms with Crippen LogP contribution in [0.15, 0.2) is 63.8 Å². The molecule has 3 rings (SSSR count). The first kappa shape index (κ1) is 37.3. The van der Waals surface area contributed by atoms with Crippen molar-refractivity contribution in [1.29, 1.82) is 0 Å². The predicted molar refractivity (Wildman–Crippen MR) is 179 cm³/mol. The molecule has 48 heavy (non-hydrogen) atoms. The number of amides is 4. The monoisotopic (exact) mass is 664 g/mol. The molecule has 3 aromatic rings. The van der Waals surface area contributed by atoms with Crippen molar-refractivity contribution in [3.63, 3.8) is 0 Å². The van der Waals surface area contributed by atoms with Crippen LogP contribution in [0.2, 0.25) is 0 Å². The topological polar surface area (TPSA) is 193 Å². The fourth-order valence-corrected chi connectivity index (χ4v) is 5.03. The Bertz CT molecular complexity index is 1650. The maximum absolute atomic E-state index is 13.6. The summed E-state index contributed by atoms with van der Waals surface area (Å²) in [5.74, 6) is -3.23. The lowest BCUT2D eigenvalue weighted by Crippen LogP contribution is -2.56. The lowest BCUT2D eigenvalue weighted by Gasteiger charge is -2.26. The molecule has 13 heteroatoms. The molecule has 0 aliphatic rings. The summed E-state index contributed by atoms with van der Waals surface area (Å²) in [7, 11) is 0. The van der Waals surface area contributed by atoms with Crippen LogP contribution in [0.1, 0.15) is 64.5 Å². The Labute approximate surface area is 278 Å². The molecule has 3 unspecified atom stereocenters. The number of alkyl carbamates (subject to hydrolysis) is 1. The highest BCUT2D eigenvalue weighted by atomic mass is 16.5. The molecule has 0 saturated carbocycles. The first-order valence-corrected chi connectivity index (χ1v) is 15.9. The fraction of sp³-hybridized carbons (Fsp3) is 0.429. The zero-order valence-corrected chi connectivity index (χ0v) is 27.8. The molecule has 0 saturated heterocycles. The molecule has 3 atom stereocenters. The molecule has 5 N–H and O–H groups in total. The number of aryl methyl sites for hydroxylation is 1. The van der Waals surface area contributed by atoms with E-state index < -0.39 is 60.0 Å². The Morgan fingerprint density at radius 2 is 1.40 bits per heavy atom. The highest BCUT2D eigenvalue weighted by Gasteiger charge is 2.31. The summed E-state index contributed by atoms with van der Waals surface area (Å²) in [6.07, 6.45) is -0.991. The van der Waals surface area contributed by atoms with Gasteiger partial charge in [-0.1, -0.05) is 58.0 Å². The van der Waals surface area contributed by atoms with E-state index >= 15 is 0 Å². The minimum atomic E-state index is -1.28. The van der Waals surface area contributed by atoms with Crippen molar-refractivity contribution in [2.45, 2.75) is 85.0 Å². The van der Waals surface area contributed by atoms with E-state index in [4.69, 9.17) is 9.15 Å². The largest absolute Gasteiger partial charge is 0.481 e. The molecule has 13 nitrogen and oxygen atoms in total. The summed E-state index contributed by atoms with van der Waals surface area (Å²) in [6.45, 7) is 9.23. The number of hydrogen-bond donors (Lipinski definition) is 5. The predicted octanol–water partition coefficient (Wildman–Crippen LogP) is 4.26. The van der Waals surface area contributed by atoms with Gasteiger partial charge in [0.1, 0.15) is 30.3 Å². The van der Waals surface area contributed by atoms with Crippen LogP contribution in [0.3, 0.4) is 0 Å². The van der Waals surface area contributed by atoms with Crippen molar-refractivity contribution in [2.24, 2.45) is 11.8 Å². The number of benzene rings is 2. The van der Waals surface area contributed by atoms with Crippen molar-refractivity contribution in [2.75, 3.05) is 5.32 Å². The molecule has 2 aromatic carbocycles. The maximum atomic E-state index is 13.6. The molecule has 258 valence electrons. The van der Waals surface area contributed by atoms with Gasteiger partial charge >= 0.3 is 17.7 Å². The highest BCUT2D eigenvalue weighted by Crippen LogP contribution is 2.21. The molecular formula is C35H44N4O9. The quantitative estimate of drug-likeness (QED) is 0.139. The Morgan fingerprint density at radius 1 is 0.792 bits per heavy atom. The number of rotatable bonds is 16. The zero-order valence-electron chi connectivity index (χ0n) is 27.8. The van der Waals surface area contributed by atoms with Gasteiger partial charge in [-0.05, 0) is 61.3 Å². The SMILES string of the molecule is Cc1cc(=O)oc2cc(NC(=O)C(CCC(=O)O)NC(=O)C(CC(C)C)NC(=O)C(CC(C)C)NC(=O)OCc3ccccc3)ccc12. The molecule has 0 bridgehead atoms. The Balaban J connectivity index is 1.74. The molecule has 0 aliphatic heterocycles. The van der Waals surface area contributed by atoms with Crippen LogP contribution >= 0.6 is 0 Å². The van der Waals surface area contributed by atoms with Crippen LogP contribution in [-0.4, -0.2) is 53.0 Å². The van der Waals surface area contributed by atoms with Crippen LogP contribution in [0, 0.1) is 18.8 Å². The summed E-state index contributed by atoms with van der Waals surface area (Å²) in [6, 6.07) is 11.7. The van der Waals surface area contributed by atoms with E-state index in [1.165, 1.54) is 12.1 Å². The summed E-state index contributed by atoms with van der Waals surface area (Å²) < 4.78 is 10.5. The second-order valence-electron chi connectivity index (χ2n) is 12.5. The van der Waals surface area contributed by atoms with E-state index in [1.54, 1.807) is 31.2 Å².